The summed E-state index contributed by atoms with van der Waals surface area (Å²) in [5.41, 5.74) is 3.44. The largest absolute Gasteiger partial charge is 0.351 e. The van der Waals surface area contributed by atoms with Gasteiger partial charge < -0.3 is 10.3 Å². The van der Waals surface area contributed by atoms with Crippen molar-refractivity contribution in [2.75, 3.05) is 6.54 Å². The van der Waals surface area contributed by atoms with Crippen LogP contribution in [0.4, 0.5) is 4.39 Å². The average molecular weight is 421 g/mol. The highest BCUT2D eigenvalue weighted by molar-refractivity contribution is 5.93. The molecule has 162 valence electrons. The highest BCUT2D eigenvalue weighted by Crippen LogP contribution is 2.38. The number of imidazole rings is 1. The number of halogens is 1. The average Bonchev–Trinajstić information content (AvgIpc) is 3.15. The number of aromatic amines is 1. The molecule has 0 bridgehead atoms. The van der Waals surface area contributed by atoms with Crippen LogP contribution in [0.15, 0.2) is 54.4 Å². The standard InChI is InChI=1S/C25H29FN4O/c1-15(2)21-10-18(11-24-29-22-7-6-20(26)12-23(22)30-24)16(3)9-19(21)14-28-25(31)17-5-4-8-27-13-17/h4-9,12-13,15,18-19,21H,10-11,14H2,1-3H3,(H,28,31)(H,29,30). The first kappa shape index (κ1) is 21.2. The summed E-state index contributed by atoms with van der Waals surface area (Å²) < 4.78 is 13.5. The van der Waals surface area contributed by atoms with Gasteiger partial charge in [0.05, 0.1) is 16.6 Å². The Bertz CT molecular complexity index is 1090. The third-order valence-corrected chi connectivity index (χ3v) is 6.44. The van der Waals surface area contributed by atoms with Crippen molar-refractivity contribution in [3.63, 3.8) is 0 Å². The zero-order valence-electron chi connectivity index (χ0n) is 18.2. The van der Waals surface area contributed by atoms with E-state index in [9.17, 15) is 9.18 Å². The maximum atomic E-state index is 13.5. The van der Waals surface area contributed by atoms with E-state index in [1.165, 1.54) is 17.7 Å². The van der Waals surface area contributed by atoms with E-state index in [1.807, 2.05) is 0 Å². The molecule has 2 aromatic heterocycles. The van der Waals surface area contributed by atoms with Gasteiger partial charge in [-0.15, -0.1) is 0 Å². The van der Waals surface area contributed by atoms with Crippen LogP contribution in [0.5, 0.6) is 0 Å². The van der Waals surface area contributed by atoms with Crippen molar-refractivity contribution in [2.45, 2.75) is 33.6 Å². The molecule has 3 atom stereocenters. The molecule has 0 saturated carbocycles. The minimum absolute atomic E-state index is 0.0849. The molecule has 3 unspecified atom stereocenters. The third-order valence-electron chi connectivity index (χ3n) is 6.44. The smallest absolute Gasteiger partial charge is 0.252 e. The van der Waals surface area contributed by atoms with Crippen molar-refractivity contribution in [3.05, 3.63) is 71.6 Å². The number of nitrogens with zero attached hydrogens (tertiary/aromatic N) is 2. The summed E-state index contributed by atoms with van der Waals surface area (Å²) >= 11 is 0. The SMILES string of the molecule is CC1=CC(CNC(=O)c2cccnc2)C(C(C)C)CC1Cc1nc2ccc(F)cc2[nH]1. The molecule has 0 radical (unpaired) electrons. The summed E-state index contributed by atoms with van der Waals surface area (Å²) in [7, 11) is 0. The highest BCUT2D eigenvalue weighted by Gasteiger charge is 2.32. The normalized spacial score (nSPS) is 21.3. The van der Waals surface area contributed by atoms with Gasteiger partial charge in [0.2, 0.25) is 0 Å². The second-order valence-electron chi connectivity index (χ2n) is 8.92. The Morgan fingerprint density at radius 2 is 2.16 bits per heavy atom. The third kappa shape index (κ3) is 4.84. The monoisotopic (exact) mass is 420 g/mol. The molecule has 31 heavy (non-hydrogen) atoms. The number of H-pyrrole nitrogens is 1. The lowest BCUT2D eigenvalue weighted by atomic mass is 9.69. The molecule has 0 saturated heterocycles. The number of rotatable bonds is 6. The Labute approximate surface area is 182 Å². The maximum Gasteiger partial charge on any atom is 0.252 e. The molecule has 1 aliphatic carbocycles. The topological polar surface area (TPSA) is 70.7 Å². The van der Waals surface area contributed by atoms with Crippen molar-refractivity contribution >= 4 is 16.9 Å². The van der Waals surface area contributed by atoms with Gasteiger partial charge in [-0.2, -0.15) is 0 Å². The van der Waals surface area contributed by atoms with Crippen LogP contribution in [0.2, 0.25) is 0 Å². The lowest BCUT2D eigenvalue weighted by molar-refractivity contribution is 0.0938. The van der Waals surface area contributed by atoms with Gasteiger partial charge in [-0.3, -0.25) is 9.78 Å². The number of hydrogen-bond acceptors (Lipinski definition) is 3. The van der Waals surface area contributed by atoms with Crippen LogP contribution in [0.1, 0.15) is 43.4 Å². The summed E-state index contributed by atoms with van der Waals surface area (Å²) in [5.74, 6) is 2.18. The van der Waals surface area contributed by atoms with E-state index in [2.05, 4.69) is 47.1 Å². The number of aromatic nitrogens is 3. The summed E-state index contributed by atoms with van der Waals surface area (Å²) in [6.45, 7) is 7.27. The van der Waals surface area contributed by atoms with Gasteiger partial charge in [0.15, 0.2) is 0 Å². The summed E-state index contributed by atoms with van der Waals surface area (Å²) in [6.07, 6.45) is 7.42. The summed E-state index contributed by atoms with van der Waals surface area (Å²) in [5, 5.41) is 3.08. The molecular formula is C25H29FN4O. The predicted molar refractivity (Wildman–Crippen MR) is 120 cm³/mol. The molecule has 0 aliphatic heterocycles. The van der Waals surface area contributed by atoms with Gasteiger partial charge in [-0.05, 0) is 67.3 Å². The molecule has 1 amide bonds. The van der Waals surface area contributed by atoms with Gasteiger partial charge in [-0.25, -0.2) is 9.37 Å². The first-order valence-electron chi connectivity index (χ1n) is 10.9. The number of hydrogen-bond donors (Lipinski definition) is 2. The van der Waals surface area contributed by atoms with E-state index >= 15 is 0 Å². The number of benzene rings is 1. The fourth-order valence-corrected chi connectivity index (χ4v) is 4.68. The van der Waals surface area contributed by atoms with Crippen molar-refractivity contribution in [2.24, 2.45) is 23.7 Å². The molecule has 4 rings (SSSR count). The van der Waals surface area contributed by atoms with Crippen molar-refractivity contribution < 1.29 is 9.18 Å². The Morgan fingerprint density at radius 1 is 1.32 bits per heavy atom. The molecule has 2 N–H and O–H groups in total. The van der Waals surface area contributed by atoms with Crippen LogP contribution in [0, 0.1) is 29.5 Å². The summed E-state index contributed by atoms with van der Waals surface area (Å²) in [6, 6.07) is 8.20. The Hall–Kier alpha value is -3.02. The van der Waals surface area contributed by atoms with Gasteiger partial charge in [0, 0.05) is 25.4 Å². The van der Waals surface area contributed by atoms with Gasteiger partial charge in [-0.1, -0.05) is 25.5 Å². The predicted octanol–water partition coefficient (Wildman–Crippen LogP) is 4.92. The van der Waals surface area contributed by atoms with Gasteiger partial charge in [0.25, 0.3) is 5.91 Å². The second kappa shape index (κ2) is 9.00. The van der Waals surface area contributed by atoms with Crippen LogP contribution in [0.25, 0.3) is 11.0 Å². The quantitative estimate of drug-likeness (QED) is 0.556. The van der Waals surface area contributed by atoms with E-state index in [4.69, 9.17) is 0 Å². The van der Waals surface area contributed by atoms with Crippen LogP contribution < -0.4 is 5.32 Å². The molecule has 2 heterocycles. The van der Waals surface area contributed by atoms with E-state index in [0.717, 1.165) is 29.7 Å². The van der Waals surface area contributed by atoms with Crippen molar-refractivity contribution in [1.82, 2.24) is 20.3 Å². The molecule has 0 fully saturated rings. The first-order chi connectivity index (χ1) is 14.9. The number of allylic oxidation sites excluding steroid dienone is 1. The van der Waals surface area contributed by atoms with Crippen LogP contribution in [0.3, 0.4) is 0 Å². The molecular weight excluding hydrogens is 391 g/mol. The lowest BCUT2D eigenvalue weighted by Gasteiger charge is -2.37. The number of carbonyl (C=O) groups is 1. The second-order valence-corrected chi connectivity index (χ2v) is 8.92. The minimum atomic E-state index is -0.257. The molecule has 5 nitrogen and oxygen atoms in total. The molecule has 1 aromatic carbocycles. The molecule has 6 heteroatoms. The number of amides is 1. The summed E-state index contributed by atoms with van der Waals surface area (Å²) in [4.78, 5) is 24.4. The van der Waals surface area contributed by atoms with E-state index in [-0.39, 0.29) is 11.7 Å². The first-order valence-corrected chi connectivity index (χ1v) is 10.9. The van der Waals surface area contributed by atoms with E-state index < -0.39 is 0 Å². The fraction of sp³-hybridized carbons (Fsp3) is 0.400. The number of pyridine rings is 1. The number of fused-ring (bicyclic) bond motifs is 1. The van der Waals surface area contributed by atoms with Gasteiger partial charge >= 0.3 is 0 Å². The van der Waals surface area contributed by atoms with Crippen LogP contribution in [-0.2, 0) is 6.42 Å². The van der Waals surface area contributed by atoms with Crippen LogP contribution >= 0.6 is 0 Å². The molecule has 1 aliphatic rings. The minimum Gasteiger partial charge on any atom is -0.351 e. The van der Waals surface area contributed by atoms with Crippen molar-refractivity contribution in [3.8, 4) is 0 Å². The van der Waals surface area contributed by atoms with E-state index in [0.29, 0.717) is 35.8 Å². The molecule has 0 spiro atoms. The maximum absolute atomic E-state index is 13.5. The fourth-order valence-electron chi connectivity index (χ4n) is 4.68. The van der Waals surface area contributed by atoms with E-state index in [1.54, 1.807) is 30.6 Å². The Morgan fingerprint density at radius 3 is 2.90 bits per heavy atom. The Balaban J connectivity index is 1.47. The van der Waals surface area contributed by atoms with Gasteiger partial charge in [0.1, 0.15) is 11.6 Å². The zero-order chi connectivity index (χ0) is 22.0. The number of carbonyl (C=O) groups excluding carboxylic acids is 1. The highest BCUT2D eigenvalue weighted by atomic mass is 19.1. The van der Waals surface area contributed by atoms with Crippen LogP contribution in [-0.4, -0.2) is 27.4 Å². The number of nitrogens with one attached hydrogen (secondary N) is 2. The lowest BCUT2D eigenvalue weighted by Crippen LogP contribution is -2.37. The zero-order valence-corrected chi connectivity index (χ0v) is 18.2. The Kier molecular flexibility index (Phi) is 6.16. The van der Waals surface area contributed by atoms with Crippen molar-refractivity contribution in [1.29, 1.82) is 0 Å². The molecule has 3 aromatic rings.